The van der Waals surface area contributed by atoms with Crippen LogP contribution < -0.4 is 0 Å². The topological polar surface area (TPSA) is 33.2 Å². The van der Waals surface area contributed by atoms with E-state index in [9.17, 15) is 4.79 Å². The van der Waals surface area contributed by atoms with Crippen molar-refractivity contribution < 1.29 is 4.79 Å². The van der Waals surface area contributed by atoms with Gasteiger partial charge in [-0.25, -0.2) is 0 Å². The molecule has 0 bridgehead atoms. The van der Waals surface area contributed by atoms with Crippen LogP contribution in [0, 0.1) is 0 Å². The lowest BCUT2D eigenvalue weighted by molar-refractivity contribution is -0.127. The van der Waals surface area contributed by atoms with Crippen molar-refractivity contribution in [2.45, 2.75) is 12.3 Å². The molecule has 1 aromatic rings. The standard InChI is InChI=1S/C10H12N2O/c1-12-6-4-9(10(12)13)8-3-2-5-11-7-8/h2-3,5,7,9H,4,6H2,1H3. The van der Waals surface area contributed by atoms with Crippen LogP contribution in [0.25, 0.3) is 0 Å². The fourth-order valence-corrected chi connectivity index (χ4v) is 1.71. The average Bonchev–Trinajstić information content (AvgIpc) is 2.49. The summed E-state index contributed by atoms with van der Waals surface area (Å²) in [5.41, 5.74) is 1.04. The first-order chi connectivity index (χ1) is 6.29. The second-order valence-corrected chi connectivity index (χ2v) is 3.39. The molecule has 0 N–H and O–H groups in total. The van der Waals surface area contributed by atoms with Gasteiger partial charge in [-0.1, -0.05) is 6.07 Å². The molecule has 1 aliphatic rings. The molecule has 0 aromatic carbocycles. The minimum Gasteiger partial charge on any atom is -0.345 e. The fraction of sp³-hybridized carbons (Fsp3) is 0.400. The zero-order valence-corrected chi connectivity index (χ0v) is 7.60. The second-order valence-electron chi connectivity index (χ2n) is 3.39. The third-order valence-corrected chi connectivity index (χ3v) is 2.51. The Morgan fingerprint density at radius 3 is 3.00 bits per heavy atom. The van der Waals surface area contributed by atoms with E-state index in [1.165, 1.54) is 0 Å². The van der Waals surface area contributed by atoms with Crippen LogP contribution in [-0.2, 0) is 4.79 Å². The lowest BCUT2D eigenvalue weighted by Gasteiger charge is -2.09. The molecular formula is C10H12N2O. The van der Waals surface area contributed by atoms with E-state index in [2.05, 4.69) is 4.98 Å². The zero-order chi connectivity index (χ0) is 9.26. The molecule has 0 aliphatic carbocycles. The number of aromatic nitrogens is 1. The van der Waals surface area contributed by atoms with Crippen LogP contribution in [0.5, 0.6) is 0 Å². The summed E-state index contributed by atoms with van der Waals surface area (Å²) in [6.07, 6.45) is 4.43. The maximum atomic E-state index is 11.6. The van der Waals surface area contributed by atoms with Gasteiger partial charge >= 0.3 is 0 Å². The van der Waals surface area contributed by atoms with Gasteiger partial charge in [-0.2, -0.15) is 0 Å². The molecule has 1 atom stereocenters. The summed E-state index contributed by atoms with van der Waals surface area (Å²) in [6.45, 7) is 0.860. The molecular weight excluding hydrogens is 164 g/mol. The van der Waals surface area contributed by atoms with E-state index in [-0.39, 0.29) is 11.8 Å². The minimum atomic E-state index is 0.0405. The van der Waals surface area contributed by atoms with Crippen molar-refractivity contribution in [3.8, 4) is 0 Å². The highest BCUT2D eigenvalue weighted by molar-refractivity contribution is 5.85. The summed E-state index contributed by atoms with van der Waals surface area (Å²) < 4.78 is 0. The summed E-state index contributed by atoms with van der Waals surface area (Å²) in [6, 6.07) is 3.84. The molecule has 1 amide bonds. The molecule has 68 valence electrons. The van der Waals surface area contributed by atoms with Crippen LogP contribution in [0.4, 0.5) is 0 Å². The Labute approximate surface area is 77.4 Å². The van der Waals surface area contributed by atoms with Gasteiger partial charge in [0.15, 0.2) is 0 Å². The quantitative estimate of drug-likeness (QED) is 0.640. The second kappa shape index (κ2) is 3.17. The number of carbonyl (C=O) groups excluding carboxylic acids is 1. The third-order valence-electron chi connectivity index (χ3n) is 2.51. The van der Waals surface area contributed by atoms with Crippen LogP contribution in [0.3, 0.4) is 0 Å². The molecule has 13 heavy (non-hydrogen) atoms. The zero-order valence-electron chi connectivity index (χ0n) is 7.60. The van der Waals surface area contributed by atoms with Crippen LogP contribution >= 0.6 is 0 Å². The number of hydrogen-bond donors (Lipinski definition) is 0. The van der Waals surface area contributed by atoms with Crippen molar-refractivity contribution in [3.63, 3.8) is 0 Å². The molecule has 3 nitrogen and oxygen atoms in total. The van der Waals surface area contributed by atoms with Gasteiger partial charge < -0.3 is 4.90 Å². The third kappa shape index (κ3) is 1.41. The van der Waals surface area contributed by atoms with Crippen molar-refractivity contribution in [2.75, 3.05) is 13.6 Å². The number of pyridine rings is 1. The SMILES string of the molecule is CN1CCC(c2cccnc2)C1=O. The van der Waals surface area contributed by atoms with E-state index in [1.807, 2.05) is 19.2 Å². The van der Waals surface area contributed by atoms with Gasteiger partial charge in [0, 0.05) is 26.0 Å². The molecule has 1 fully saturated rings. The van der Waals surface area contributed by atoms with Gasteiger partial charge in [0.25, 0.3) is 0 Å². The molecule has 1 aromatic heterocycles. The van der Waals surface area contributed by atoms with Crippen molar-refractivity contribution in [1.82, 2.24) is 9.88 Å². The Kier molecular flexibility index (Phi) is 2.00. The van der Waals surface area contributed by atoms with Gasteiger partial charge in [0.2, 0.25) is 5.91 Å². The van der Waals surface area contributed by atoms with E-state index in [0.29, 0.717) is 0 Å². The highest BCUT2D eigenvalue weighted by Crippen LogP contribution is 2.26. The summed E-state index contributed by atoms with van der Waals surface area (Å²) in [4.78, 5) is 17.4. The van der Waals surface area contributed by atoms with Gasteiger partial charge in [-0.3, -0.25) is 9.78 Å². The van der Waals surface area contributed by atoms with Gasteiger partial charge in [-0.05, 0) is 18.1 Å². The van der Waals surface area contributed by atoms with E-state index in [1.54, 1.807) is 17.3 Å². The van der Waals surface area contributed by atoms with Crippen molar-refractivity contribution in [1.29, 1.82) is 0 Å². The predicted molar refractivity (Wildman–Crippen MR) is 49.2 cm³/mol. The Hall–Kier alpha value is -1.38. The van der Waals surface area contributed by atoms with Crippen molar-refractivity contribution >= 4 is 5.91 Å². The molecule has 2 heterocycles. The first kappa shape index (κ1) is 8.23. The molecule has 1 unspecified atom stereocenters. The number of hydrogen-bond acceptors (Lipinski definition) is 2. The lowest BCUT2D eigenvalue weighted by atomic mass is 10.00. The minimum absolute atomic E-state index is 0.0405. The maximum Gasteiger partial charge on any atom is 0.229 e. The number of likely N-dealkylation sites (N-methyl/N-ethyl adjacent to an activating group) is 1. The summed E-state index contributed by atoms with van der Waals surface area (Å²) in [5, 5.41) is 0. The maximum absolute atomic E-state index is 11.6. The molecule has 3 heteroatoms. The summed E-state index contributed by atoms with van der Waals surface area (Å²) >= 11 is 0. The molecule has 0 radical (unpaired) electrons. The smallest absolute Gasteiger partial charge is 0.229 e. The number of likely N-dealkylation sites (tertiary alicyclic amines) is 1. The summed E-state index contributed by atoms with van der Waals surface area (Å²) in [7, 11) is 1.85. The first-order valence-electron chi connectivity index (χ1n) is 4.44. The number of nitrogens with zero attached hydrogens (tertiary/aromatic N) is 2. The molecule has 0 saturated carbocycles. The average molecular weight is 176 g/mol. The predicted octanol–water partition coefficient (Wildman–Crippen LogP) is 1.03. The fourth-order valence-electron chi connectivity index (χ4n) is 1.71. The number of amides is 1. The normalized spacial score (nSPS) is 22.4. The van der Waals surface area contributed by atoms with E-state index in [0.717, 1.165) is 18.5 Å². The monoisotopic (exact) mass is 176 g/mol. The molecule has 0 spiro atoms. The van der Waals surface area contributed by atoms with E-state index < -0.39 is 0 Å². The summed E-state index contributed by atoms with van der Waals surface area (Å²) in [5.74, 6) is 0.256. The number of carbonyl (C=O) groups is 1. The van der Waals surface area contributed by atoms with Crippen molar-refractivity contribution in [3.05, 3.63) is 30.1 Å². The van der Waals surface area contributed by atoms with Crippen molar-refractivity contribution in [2.24, 2.45) is 0 Å². The van der Waals surface area contributed by atoms with Crippen LogP contribution in [0.15, 0.2) is 24.5 Å². The number of rotatable bonds is 1. The lowest BCUT2D eigenvalue weighted by Crippen LogP contribution is -2.21. The highest BCUT2D eigenvalue weighted by atomic mass is 16.2. The van der Waals surface area contributed by atoms with Crippen LogP contribution in [0.1, 0.15) is 17.9 Å². The molecule has 2 rings (SSSR count). The van der Waals surface area contributed by atoms with Gasteiger partial charge in [0.05, 0.1) is 5.92 Å². The largest absolute Gasteiger partial charge is 0.345 e. The van der Waals surface area contributed by atoms with E-state index >= 15 is 0 Å². The first-order valence-corrected chi connectivity index (χ1v) is 4.44. The molecule has 1 saturated heterocycles. The Bertz CT molecular complexity index is 310. The van der Waals surface area contributed by atoms with Crippen LogP contribution in [-0.4, -0.2) is 29.4 Å². The Balaban J connectivity index is 2.24. The molecule has 1 aliphatic heterocycles. The Morgan fingerprint density at radius 1 is 1.62 bits per heavy atom. The van der Waals surface area contributed by atoms with E-state index in [4.69, 9.17) is 0 Å². The van der Waals surface area contributed by atoms with Gasteiger partial charge in [-0.15, -0.1) is 0 Å². The van der Waals surface area contributed by atoms with Gasteiger partial charge in [0.1, 0.15) is 0 Å². The van der Waals surface area contributed by atoms with Crippen LogP contribution in [0.2, 0.25) is 0 Å². The highest BCUT2D eigenvalue weighted by Gasteiger charge is 2.30. The Morgan fingerprint density at radius 2 is 2.46 bits per heavy atom.